The second kappa shape index (κ2) is 8.66. The van der Waals surface area contributed by atoms with Crippen LogP contribution in [0.15, 0.2) is 60.7 Å². The number of carbonyl (C=O) groups is 1. The van der Waals surface area contributed by atoms with Crippen molar-refractivity contribution in [3.63, 3.8) is 0 Å². The average molecular weight is 449 g/mol. The Bertz CT molecular complexity index is 1260. The van der Waals surface area contributed by atoms with Gasteiger partial charge in [-0.2, -0.15) is 5.10 Å². The van der Waals surface area contributed by atoms with Crippen LogP contribution in [0.5, 0.6) is 0 Å². The largest absolute Gasteiger partial charge is 0.376 e. The number of benzene rings is 2. The van der Waals surface area contributed by atoms with Crippen LogP contribution in [0.1, 0.15) is 0 Å². The van der Waals surface area contributed by atoms with Crippen LogP contribution in [0, 0.1) is 0 Å². The number of carbonyl (C=O) groups excluding carboxylic acids is 1. The van der Waals surface area contributed by atoms with Crippen LogP contribution >= 0.6 is 11.6 Å². The van der Waals surface area contributed by atoms with Crippen molar-refractivity contribution < 1.29 is 9.90 Å². The fourth-order valence-corrected chi connectivity index (χ4v) is 4.23. The molecule has 0 bridgehead atoms. The van der Waals surface area contributed by atoms with Crippen molar-refractivity contribution in [3.8, 4) is 22.5 Å². The molecule has 8 nitrogen and oxygen atoms in total. The van der Waals surface area contributed by atoms with Gasteiger partial charge in [0.1, 0.15) is 17.6 Å². The molecule has 2 N–H and O–H groups in total. The average Bonchev–Trinajstić information content (AvgIpc) is 3.19. The number of fused-ring (bicyclic) bond motifs is 1. The number of hydrogen-bond donors (Lipinski definition) is 2. The highest BCUT2D eigenvalue weighted by molar-refractivity contribution is 6.38. The van der Waals surface area contributed by atoms with E-state index in [0.29, 0.717) is 40.5 Å². The van der Waals surface area contributed by atoms with Gasteiger partial charge in [-0.15, -0.1) is 10.2 Å². The maximum atomic E-state index is 11.7. The van der Waals surface area contributed by atoms with Crippen LogP contribution < -0.4 is 5.32 Å². The molecule has 1 aliphatic rings. The molecule has 1 saturated heterocycles. The van der Waals surface area contributed by atoms with Crippen LogP contribution in [-0.2, 0) is 11.3 Å². The number of halogens is 1. The Labute approximate surface area is 189 Å². The first-order valence-electron chi connectivity index (χ1n) is 10.3. The minimum absolute atomic E-state index is 0.110. The number of hydrogen-bond acceptors (Lipinski definition) is 6. The number of aliphatic hydroxyl groups excluding tert-OH is 1. The van der Waals surface area contributed by atoms with Crippen molar-refractivity contribution in [1.82, 2.24) is 30.2 Å². The maximum Gasteiger partial charge on any atom is 0.234 e. The standard InChI is InChI=1S/C23H21ClN6O2/c24-20-19-21(15-7-3-1-4-8-15)28-30(14-18(32)29-12-11-25-17(31)13-29)23(19)27-26-22(20)16-9-5-2-6-10-16/h1-10,18,32H,11-14H2,(H,25,31). The highest BCUT2D eigenvalue weighted by atomic mass is 35.5. The first-order valence-corrected chi connectivity index (χ1v) is 10.7. The predicted molar refractivity (Wildman–Crippen MR) is 122 cm³/mol. The number of piperazine rings is 1. The SMILES string of the molecule is O=C1CN(C(O)Cn2nc(-c3ccccc3)c3c(Cl)c(-c4ccccc4)nnc32)CCN1. The van der Waals surface area contributed by atoms with E-state index in [4.69, 9.17) is 16.7 Å². The normalized spacial score (nSPS) is 15.6. The fraction of sp³-hybridized carbons (Fsp3) is 0.217. The smallest absolute Gasteiger partial charge is 0.234 e. The molecule has 162 valence electrons. The third-order valence-corrected chi connectivity index (χ3v) is 5.89. The first-order chi connectivity index (χ1) is 15.6. The minimum Gasteiger partial charge on any atom is -0.376 e. The van der Waals surface area contributed by atoms with E-state index in [-0.39, 0.29) is 19.0 Å². The summed E-state index contributed by atoms with van der Waals surface area (Å²) in [5.74, 6) is -0.110. The van der Waals surface area contributed by atoms with Crippen LogP contribution in [0.2, 0.25) is 5.02 Å². The van der Waals surface area contributed by atoms with E-state index in [1.807, 2.05) is 60.7 Å². The van der Waals surface area contributed by atoms with E-state index in [0.717, 1.165) is 11.1 Å². The second-order valence-electron chi connectivity index (χ2n) is 7.63. The van der Waals surface area contributed by atoms with Crippen LogP contribution in [-0.4, -0.2) is 61.8 Å². The van der Waals surface area contributed by atoms with E-state index < -0.39 is 6.23 Å². The third kappa shape index (κ3) is 3.84. The summed E-state index contributed by atoms with van der Waals surface area (Å²) in [5, 5.41) is 28.2. The summed E-state index contributed by atoms with van der Waals surface area (Å²) in [6.07, 6.45) is -0.901. The highest BCUT2D eigenvalue weighted by Gasteiger charge is 2.26. The maximum absolute atomic E-state index is 11.7. The first kappa shape index (κ1) is 20.6. The lowest BCUT2D eigenvalue weighted by molar-refractivity contribution is -0.128. The molecule has 4 aromatic rings. The monoisotopic (exact) mass is 448 g/mol. The van der Waals surface area contributed by atoms with Crippen molar-refractivity contribution in [1.29, 1.82) is 0 Å². The van der Waals surface area contributed by atoms with Crippen molar-refractivity contribution >= 4 is 28.5 Å². The van der Waals surface area contributed by atoms with Gasteiger partial charge >= 0.3 is 0 Å². The number of amides is 1. The van der Waals surface area contributed by atoms with Gasteiger partial charge in [-0.25, -0.2) is 4.68 Å². The Hall–Kier alpha value is -3.33. The van der Waals surface area contributed by atoms with Crippen molar-refractivity contribution in [2.45, 2.75) is 12.8 Å². The number of nitrogens with zero attached hydrogens (tertiary/aromatic N) is 5. The van der Waals surface area contributed by atoms with Gasteiger partial charge in [-0.3, -0.25) is 9.69 Å². The summed E-state index contributed by atoms with van der Waals surface area (Å²) in [6.45, 7) is 1.32. The summed E-state index contributed by atoms with van der Waals surface area (Å²) in [5.41, 5.74) is 3.47. The zero-order chi connectivity index (χ0) is 22.1. The van der Waals surface area contributed by atoms with E-state index in [2.05, 4.69) is 15.5 Å². The van der Waals surface area contributed by atoms with Gasteiger partial charge in [0.25, 0.3) is 0 Å². The molecule has 2 aromatic heterocycles. The van der Waals surface area contributed by atoms with Gasteiger partial charge in [0.15, 0.2) is 5.65 Å². The van der Waals surface area contributed by atoms with Gasteiger partial charge in [0.2, 0.25) is 5.91 Å². The Morgan fingerprint density at radius 3 is 2.31 bits per heavy atom. The Morgan fingerprint density at radius 1 is 1.00 bits per heavy atom. The molecule has 1 aliphatic heterocycles. The van der Waals surface area contributed by atoms with Crippen molar-refractivity contribution in [2.75, 3.05) is 19.6 Å². The van der Waals surface area contributed by atoms with Crippen LogP contribution in [0.3, 0.4) is 0 Å². The van der Waals surface area contributed by atoms with E-state index in [1.165, 1.54) is 0 Å². The fourth-order valence-electron chi connectivity index (χ4n) is 3.91. The lowest BCUT2D eigenvalue weighted by Crippen LogP contribution is -2.52. The van der Waals surface area contributed by atoms with Gasteiger partial charge in [0.05, 0.1) is 23.5 Å². The summed E-state index contributed by atoms with van der Waals surface area (Å²) in [6, 6.07) is 19.3. The summed E-state index contributed by atoms with van der Waals surface area (Å²) < 4.78 is 1.61. The molecule has 2 aromatic carbocycles. The number of aromatic nitrogens is 4. The van der Waals surface area contributed by atoms with Crippen LogP contribution in [0.4, 0.5) is 0 Å². The molecule has 1 fully saturated rings. The molecule has 1 unspecified atom stereocenters. The molecule has 0 radical (unpaired) electrons. The lowest BCUT2D eigenvalue weighted by Gasteiger charge is -2.30. The van der Waals surface area contributed by atoms with Gasteiger partial charge < -0.3 is 10.4 Å². The van der Waals surface area contributed by atoms with Gasteiger partial charge in [-0.1, -0.05) is 72.3 Å². The topological polar surface area (TPSA) is 96.2 Å². The Balaban J connectivity index is 1.61. The van der Waals surface area contributed by atoms with Gasteiger partial charge in [0, 0.05) is 24.2 Å². The quantitative estimate of drug-likeness (QED) is 0.487. The number of rotatable bonds is 5. The van der Waals surface area contributed by atoms with Crippen LogP contribution in [0.25, 0.3) is 33.5 Å². The summed E-state index contributed by atoms with van der Waals surface area (Å²) in [4.78, 5) is 13.4. The zero-order valence-corrected chi connectivity index (χ0v) is 17.9. The zero-order valence-electron chi connectivity index (χ0n) is 17.1. The minimum atomic E-state index is -0.901. The van der Waals surface area contributed by atoms with E-state index in [1.54, 1.807) is 9.58 Å². The molecule has 0 saturated carbocycles. The molecule has 1 amide bonds. The molecular formula is C23H21ClN6O2. The molecular weight excluding hydrogens is 428 g/mol. The van der Waals surface area contributed by atoms with Crippen molar-refractivity contribution in [3.05, 3.63) is 65.7 Å². The molecule has 3 heterocycles. The molecule has 32 heavy (non-hydrogen) atoms. The second-order valence-corrected chi connectivity index (χ2v) is 8.00. The molecule has 0 spiro atoms. The predicted octanol–water partition coefficient (Wildman–Crippen LogP) is 2.56. The Kier molecular flexibility index (Phi) is 5.57. The summed E-state index contributed by atoms with van der Waals surface area (Å²) in [7, 11) is 0. The highest BCUT2D eigenvalue weighted by Crippen LogP contribution is 2.37. The molecule has 9 heteroatoms. The van der Waals surface area contributed by atoms with E-state index >= 15 is 0 Å². The van der Waals surface area contributed by atoms with Gasteiger partial charge in [-0.05, 0) is 0 Å². The lowest BCUT2D eigenvalue weighted by atomic mass is 10.1. The third-order valence-electron chi connectivity index (χ3n) is 5.52. The van der Waals surface area contributed by atoms with E-state index in [9.17, 15) is 9.90 Å². The number of nitrogens with one attached hydrogen (secondary N) is 1. The van der Waals surface area contributed by atoms with Crippen molar-refractivity contribution in [2.24, 2.45) is 0 Å². The molecule has 0 aliphatic carbocycles. The Morgan fingerprint density at radius 2 is 1.66 bits per heavy atom. The summed E-state index contributed by atoms with van der Waals surface area (Å²) >= 11 is 6.87. The number of aliphatic hydroxyl groups is 1. The molecule has 5 rings (SSSR count). The molecule has 1 atom stereocenters.